The third-order valence-corrected chi connectivity index (χ3v) is 6.94. The van der Waals surface area contributed by atoms with E-state index in [-0.39, 0.29) is 5.78 Å². The average molecular weight is 555 g/mol. The van der Waals surface area contributed by atoms with Crippen molar-refractivity contribution < 1.29 is 14.3 Å². The van der Waals surface area contributed by atoms with Crippen molar-refractivity contribution in [2.24, 2.45) is 5.10 Å². The minimum Gasteiger partial charge on any atom is -0.493 e. The second-order valence-electron chi connectivity index (χ2n) is 9.61. The molecule has 0 radical (unpaired) electrons. The molecular formula is C32H31ClN4O3. The molecule has 1 unspecified atom stereocenters. The van der Waals surface area contributed by atoms with Gasteiger partial charge in [0.25, 0.3) is 0 Å². The average Bonchev–Trinajstić information content (AvgIpc) is 3.38. The number of anilines is 3. The molecule has 204 valence electrons. The lowest BCUT2D eigenvalue weighted by Crippen LogP contribution is -2.38. The molecule has 0 fully saturated rings. The van der Waals surface area contributed by atoms with E-state index in [0.29, 0.717) is 29.0 Å². The molecule has 40 heavy (non-hydrogen) atoms. The number of Topliss-reactive ketones (excluding diaryl/α,β-unsaturated/α-hetero) is 1. The lowest BCUT2D eigenvalue weighted by atomic mass is 10.1. The Balaban J connectivity index is 1.65. The molecule has 1 heterocycles. The summed E-state index contributed by atoms with van der Waals surface area (Å²) in [6.07, 6.45) is -0.526. The van der Waals surface area contributed by atoms with Crippen LogP contribution in [0, 0.1) is 0 Å². The van der Waals surface area contributed by atoms with Crippen LogP contribution in [0.15, 0.2) is 102 Å². The molecule has 0 bridgehead atoms. The van der Waals surface area contributed by atoms with Crippen molar-refractivity contribution in [2.45, 2.75) is 19.7 Å². The number of methoxy groups -OCH3 is 1. The van der Waals surface area contributed by atoms with Gasteiger partial charge in [0.05, 0.1) is 12.8 Å². The predicted octanol–water partition coefficient (Wildman–Crippen LogP) is 6.92. The Labute approximate surface area is 239 Å². The number of carbonyl (C=O) groups excluding carboxylic acids is 1. The third-order valence-electron chi connectivity index (χ3n) is 6.69. The summed E-state index contributed by atoms with van der Waals surface area (Å²) in [5.74, 6) is 1.34. The fraction of sp³-hybridized carbons (Fsp3) is 0.188. The van der Waals surface area contributed by atoms with Gasteiger partial charge < -0.3 is 14.4 Å². The lowest BCUT2D eigenvalue weighted by molar-refractivity contribution is -0.111. The van der Waals surface area contributed by atoms with Crippen molar-refractivity contribution >= 4 is 40.3 Å². The molecule has 0 saturated heterocycles. The van der Waals surface area contributed by atoms with Crippen molar-refractivity contribution in [1.82, 2.24) is 0 Å². The maximum Gasteiger partial charge on any atom is 0.198 e. The van der Waals surface area contributed by atoms with Crippen LogP contribution in [0.5, 0.6) is 11.5 Å². The van der Waals surface area contributed by atoms with Crippen LogP contribution in [0.25, 0.3) is 0 Å². The van der Waals surface area contributed by atoms with Crippen molar-refractivity contribution in [2.75, 3.05) is 36.0 Å². The summed E-state index contributed by atoms with van der Waals surface area (Å²) in [6, 6.07) is 31.2. The highest BCUT2D eigenvalue weighted by atomic mass is 35.5. The van der Waals surface area contributed by atoms with Gasteiger partial charge in [-0.3, -0.25) is 9.69 Å². The fourth-order valence-corrected chi connectivity index (χ4v) is 4.81. The van der Waals surface area contributed by atoms with Gasteiger partial charge in [-0.1, -0.05) is 54.1 Å². The monoisotopic (exact) mass is 554 g/mol. The maximum atomic E-state index is 13.0. The molecule has 1 aliphatic heterocycles. The maximum absolute atomic E-state index is 13.0. The molecule has 0 aliphatic carbocycles. The molecule has 1 aliphatic rings. The Kier molecular flexibility index (Phi) is 7.94. The summed E-state index contributed by atoms with van der Waals surface area (Å²) in [5.41, 5.74) is 4.48. The molecule has 4 aromatic carbocycles. The van der Waals surface area contributed by atoms with E-state index in [2.05, 4.69) is 0 Å². The summed E-state index contributed by atoms with van der Waals surface area (Å²) >= 11 is 6.09. The number of hydrazone groups is 1. The molecule has 0 spiro atoms. The fourth-order valence-electron chi connectivity index (χ4n) is 4.68. The lowest BCUT2D eigenvalue weighted by Gasteiger charge is -2.33. The zero-order valence-electron chi connectivity index (χ0n) is 22.9. The van der Waals surface area contributed by atoms with Crippen LogP contribution in [0.3, 0.4) is 0 Å². The Morgan fingerprint density at radius 2 is 1.60 bits per heavy atom. The van der Waals surface area contributed by atoms with Crippen LogP contribution in [0.1, 0.15) is 24.2 Å². The van der Waals surface area contributed by atoms with Crippen molar-refractivity contribution in [3.63, 3.8) is 0 Å². The molecule has 4 aromatic rings. The number of ketones is 1. The van der Waals surface area contributed by atoms with E-state index in [4.69, 9.17) is 26.2 Å². The summed E-state index contributed by atoms with van der Waals surface area (Å²) in [4.78, 5) is 17.0. The van der Waals surface area contributed by atoms with Gasteiger partial charge in [0, 0.05) is 43.0 Å². The third kappa shape index (κ3) is 5.46. The first-order chi connectivity index (χ1) is 19.4. The highest BCUT2D eigenvalue weighted by molar-refractivity contribution is 6.44. The molecule has 0 N–H and O–H groups in total. The Morgan fingerprint density at radius 3 is 2.23 bits per heavy atom. The van der Waals surface area contributed by atoms with Crippen molar-refractivity contribution in [3.8, 4) is 11.5 Å². The Morgan fingerprint density at radius 1 is 0.900 bits per heavy atom. The minimum atomic E-state index is -0.526. The molecule has 5 rings (SSSR count). The highest BCUT2D eigenvalue weighted by Gasteiger charge is 2.41. The van der Waals surface area contributed by atoms with Crippen LogP contribution in [-0.2, 0) is 11.4 Å². The normalized spacial score (nSPS) is 14.6. The van der Waals surface area contributed by atoms with Gasteiger partial charge in [0.1, 0.15) is 6.61 Å². The van der Waals surface area contributed by atoms with E-state index in [1.54, 1.807) is 7.11 Å². The standard InChI is InChI=1S/C32H31ClN4O3/c1-22(38)31-34-37(27-9-6-5-7-10-27)32(36(31)26-19-17-25(18-20-26)35(2)3)28-11-8-12-29(39-4)30(28)40-21-23-13-15-24(33)16-14-23/h5-20,32H,21H2,1-4H3. The number of para-hydroxylation sites is 2. The molecule has 0 saturated carbocycles. The summed E-state index contributed by atoms with van der Waals surface area (Å²) < 4.78 is 12.2. The number of carbonyl (C=O) groups is 1. The van der Waals surface area contributed by atoms with Crippen LogP contribution >= 0.6 is 11.6 Å². The van der Waals surface area contributed by atoms with Gasteiger partial charge in [-0.25, -0.2) is 5.01 Å². The molecule has 0 aromatic heterocycles. The van der Waals surface area contributed by atoms with E-state index >= 15 is 0 Å². The topological polar surface area (TPSA) is 57.6 Å². The number of halogens is 1. The first-order valence-electron chi connectivity index (χ1n) is 12.9. The second kappa shape index (κ2) is 11.7. The van der Waals surface area contributed by atoms with Gasteiger partial charge in [-0.2, -0.15) is 0 Å². The summed E-state index contributed by atoms with van der Waals surface area (Å²) in [5, 5.41) is 7.39. The number of hydrogen-bond donors (Lipinski definition) is 0. The first-order valence-corrected chi connectivity index (χ1v) is 13.3. The van der Waals surface area contributed by atoms with E-state index < -0.39 is 6.17 Å². The summed E-state index contributed by atoms with van der Waals surface area (Å²) in [6.45, 7) is 1.84. The van der Waals surface area contributed by atoms with Crippen molar-refractivity contribution in [3.05, 3.63) is 113 Å². The van der Waals surface area contributed by atoms with Gasteiger partial charge in [-0.05, 0) is 60.2 Å². The van der Waals surface area contributed by atoms with Crippen LogP contribution in [-0.4, -0.2) is 32.8 Å². The molecule has 7 nitrogen and oxygen atoms in total. The number of ether oxygens (including phenoxy) is 2. The SMILES string of the molecule is COc1cccc(C2N(c3ccccc3)N=C(C(C)=O)N2c2ccc(N(C)C)cc2)c1OCc1ccc(Cl)cc1. The number of benzene rings is 4. The van der Waals surface area contributed by atoms with Gasteiger partial charge in [-0.15, -0.1) is 5.10 Å². The number of rotatable bonds is 9. The zero-order chi connectivity index (χ0) is 28.2. The van der Waals surface area contributed by atoms with E-state index in [1.165, 1.54) is 6.92 Å². The van der Waals surface area contributed by atoms with E-state index in [9.17, 15) is 4.79 Å². The quantitative estimate of drug-likeness (QED) is 0.224. The largest absolute Gasteiger partial charge is 0.493 e. The molecule has 8 heteroatoms. The highest BCUT2D eigenvalue weighted by Crippen LogP contribution is 2.45. The Bertz CT molecular complexity index is 1510. The predicted molar refractivity (Wildman–Crippen MR) is 162 cm³/mol. The van der Waals surface area contributed by atoms with E-state index in [1.807, 2.05) is 126 Å². The van der Waals surface area contributed by atoms with Crippen molar-refractivity contribution in [1.29, 1.82) is 0 Å². The van der Waals surface area contributed by atoms with Crippen LogP contribution in [0.2, 0.25) is 5.02 Å². The number of amidine groups is 1. The number of nitrogens with zero attached hydrogens (tertiary/aromatic N) is 4. The first kappa shape index (κ1) is 27.1. The van der Waals surface area contributed by atoms with Gasteiger partial charge in [0.15, 0.2) is 29.3 Å². The second-order valence-corrected chi connectivity index (χ2v) is 10.0. The minimum absolute atomic E-state index is 0.147. The molecular weight excluding hydrogens is 524 g/mol. The smallest absolute Gasteiger partial charge is 0.198 e. The van der Waals surface area contributed by atoms with Crippen LogP contribution in [0.4, 0.5) is 17.1 Å². The molecule has 0 amide bonds. The number of hydrogen-bond acceptors (Lipinski definition) is 7. The molecule has 1 atom stereocenters. The Hall–Kier alpha value is -4.49. The van der Waals surface area contributed by atoms with Gasteiger partial charge in [0.2, 0.25) is 0 Å². The van der Waals surface area contributed by atoms with E-state index in [0.717, 1.165) is 28.2 Å². The van der Waals surface area contributed by atoms with Gasteiger partial charge >= 0.3 is 0 Å². The summed E-state index contributed by atoms with van der Waals surface area (Å²) in [7, 11) is 5.61. The zero-order valence-corrected chi connectivity index (χ0v) is 23.7. The van der Waals surface area contributed by atoms with Crippen LogP contribution < -0.4 is 24.3 Å².